The Morgan fingerprint density at radius 1 is 1.22 bits per heavy atom. The molecule has 0 bridgehead atoms. The molecule has 118 valence electrons. The zero-order chi connectivity index (χ0) is 15.8. The maximum Gasteiger partial charge on any atom is 0.160 e. The second kappa shape index (κ2) is 5.89. The number of amidine groups is 1. The molecular weight excluding hydrogens is 306 g/mol. The van der Waals surface area contributed by atoms with Crippen LogP contribution in [0.3, 0.4) is 0 Å². The number of nitrogens with zero attached hydrogens (tertiary/aromatic N) is 3. The minimum atomic E-state index is 0.0401. The lowest BCUT2D eigenvalue weighted by molar-refractivity contribution is 0.320. The molecule has 0 radical (unpaired) electrons. The van der Waals surface area contributed by atoms with E-state index in [1.165, 1.54) is 5.56 Å². The van der Waals surface area contributed by atoms with Crippen molar-refractivity contribution in [2.75, 3.05) is 13.7 Å². The number of rotatable bonds is 3. The van der Waals surface area contributed by atoms with Gasteiger partial charge in [0.2, 0.25) is 0 Å². The maximum atomic E-state index is 5.41. The number of thioether (sulfide) groups is 1. The third-order valence-electron chi connectivity index (χ3n) is 4.32. The lowest BCUT2D eigenvalue weighted by atomic mass is 9.96. The van der Waals surface area contributed by atoms with Crippen molar-refractivity contribution < 1.29 is 4.74 Å². The van der Waals surface area contributed by atoms with Gasteiger partial charge in [0, 0.05) is 18.0 Å². The topological polar surface area (TPSA) is 37.7 Å². The van der Waals surface area contributed by atoms with Crippen LogP contribution < -0.4 is 4.74 Å². The Hall–Kier alpha value is -2.01. The Kier molecular flexibility index (Phi) is 3.73. The summed E-state index contributed by atoms with van der Waals surface area (Å²) in [5.41, 5.74) is 2.25. The number of hydrogen-bond donors (Lipinski definition) is 0. The van der Waals surface area contributed by atoms with Crippen LogP contribution in [0, 0.1) is 0 Å². The third-order valence-corrected chi connectivity index (χ3v) is 5.42. The van der Waals surface area contributed by atoms with Crippen molar-refractivity contribution in [2.24, 2.45) is 4.99 Å². The normalized spacial score (nSPS) is 26.1. The molecule has 0 aliphatic carbocycles. The van der Waals surface area contributed by atoms with E-state index in [1.54, 1.807) is 7.11 Å². The van der Waals surface area contributed by atoms with E-state index in [2.05, 4.69) is 35.0 Å². The summed E-state index contributed by atoms with van der Waals surface area (Å²) in [6, 6.07) is 14.6. The van der Waals surface area contributed by atoms with Crippen LogP contribution in [0.25, 0.3) is 0 Å². The van der Waals surface area contributed by atoms with Crippen molar-refractivity contribution in [3.8, 4) is 5.75 Å². The van der Waals surface area contributed by atoms with E-state index in [9.17, 15) is 0 Å². The minimum absolute atomic E-state index is 0.0401. The molecule has 0 spiro atoms. The zero-order valence-electron chi connectivity index (χ0n) is 13.2. The van der Waals surface area contributed by atoms with Gasteiger partial charge in [0.25, 0.3) is 0 Å². The van der Waals surface area contributed by atoms with Crippen LogP contribution in [0.4, 0.5) is 0 Å². The number of pyridine rings is 1. The molecule has 2 aliphatic heterocycles. The second-order valence-electron chi connectivity index (χ2n) is 5.91. The van der Waals surface area contributed by atoms with Crippen LogP contribution in [0.15, 0.2) is 53.7 Å². The molecule has 4 rings (SSSR count). The summed E-state index contributed by atoms with van der Waals surface area (Å²) in [6.07, 6.45) is 1.84. The standard InChI is InChI=1S/C18H19N3OS/c1-12-11-21-17(13-6-5-7-14(10-13)22-2)16(20-18(21)23-12)15-8-3-4-9-19-15/h3-10,12,16-17H,11H2,1-2H3/t12-,16-,17-/m1/s1. The highest BCUT2D eigenvalue weighted by Gasteiger charge is 2.43. The summed E-state index contributed by atoms with van der Waals surface area (Å²) in [5, 5.41) is 1.72. The van der Waals surface area contributed by atoms with Gasteiger partial charge in [-0.25, -0.2) is 0 Å². The molecule has 2 aliphatic rings. The summed E-state index contributed by atoms with van der Waals surface area (Å²) in [5.74, 6) is 0.885. The van der Waals surface area contributed by atoms with Crippen LogP contribution in [0.2, 0.25) is 0 Å². The lowest BCUT2D eigenvalue weighted by Gasteiger charge is -2.27. The van der Waals surface area contributed by atoms with Crippen LogP contribution in [-0.4, -0.2) is 34.0 Å². The van der Waals surface area contributed by atoms with Gasteiger partial charge in [0.05, 0.1) is 18.8 Å². The summed E-state index contributed by atoms with van der Waals surface area (Å²) in [7, 11) is 1.71. The van der Waals surface area contributed by atoms with E-state index in [-0.39, 0.29) is 12.1 Å². The van der Waals surface area contributed by atoms with Crippen LogP contribution in [0.1, 0.15) is 30.3 Å². The number of aliphatic imine (C=N–C) groups is 1. The van der Waals surface area contributed by atoms with Gasteiger partial charge in [-0.05, 0) is 29.8 Å². The Bertz CT molecular complexity index is 734. The molecule has 1 aromatic heterocycles. The van der Waals surface area contributed by atoms with Gasteiger partial charge in [-0.1, -0.05) is 36.9 Å². The zero-order valence-corrected chi connectivity index (χ0v) is 14.0. The van der Waals surface area contributed by atoms with Crippen molar-refractivity contribution in [2.45, 2.75) is 24.3 Å². The van der Waals surface area contributed by atoms with Crippen LogP contribution in [-0.2, 0) is 0 Å². The fraction of sp³-hybridized carbons (Fsp3) is 0.333. The molecule has 0 saturated carbocycles. The molecule has 4 nitrogen and oxygen atoms in total. The Morgan fingerprint density at radius 2 is 2.13 bits per heavy atom. The maximum absolute atomic E-state index is 5.41. The number of ether oxygens (including phenoxy) is 1. The summed E-state index contributed by atoms with van der Waals surface area (Å²) in [6.45, 7) is 3.28. The van der Waals surface area contributed by atoms with Crippen LogP contribution >= 0.6 is 11.8 Å². The minimum Gasteiger partial charge on any atom is -0.497 e. The first-order valence-electron chi connectivity index (χ1n) is 7.82. The Labute approximate surface area is 140 Å². The number of benzene rings is 1. The summed E-state index contributed by atoms with van der Waals surface area (Å²) >= 11 is 1.86. The number of hydrogen-bond acceptors (Lipinski definition) is 5. The number of fused-ring (bicyclic) bond motifs is 1. The molecule has 5 heteroatoms. The fourth-order valence-corrected chi connectivity index (χ4v) is 4.40. The predicted octanol–water partition coefficient (Wildman–Crippen LogP) is 3.68. The first kappa shape index (κ1) is 14.6. The van der Waals surface area contributed by atoms with Gasteiger partial charge in [0.1, 0.15) is 11.8 Å². The molecule has 23 heavy (non-hydrogen) atoms. The molecule has 0 unspecified atom stereocenters. The van der Waals surface area contributed by atoms with E-state index in [1.807, 2.05) is 42.2 Å². The average Bonchev–Trinajstić information content (AvgIpc) is 3.11. The molecule has 3 heterocycles. The van der Waals surface area contributed by atoms with Gasteiger partial charge in [-0.15, -0.1) is 0 Å². The van der Waals surface area contributed by atoms with E-state index in [0.29, 0.717) is 5.25 Å². The van der Waals surface area contributed by atoms with Gasteiger partial charge in [-0.3, -0.25) is 9.98 Å². The molecule has 2 aromatic rings. The van der Waals surface area contributed by atoms with E-state index in [0.717, 1.165) is 23.2 Å². The van der Waals surface area contributed by atoms with Crippen LogP contribution in [0.5, 0.6) is 5.75 Å². The second-order valence-corrected chi connectivity index (χ2v) is 7.32. The van der Waals surface area contributed by atoms with E-state index >= 15 is 0 Å². The Balaban J connectivity index is 1.77. The van der Waals surface area contributed by atoms with Gasteiger partial charge >= 0.3 is 0 Å². The molecule has 0 amide bonds. The third kappa shape index (κ3) is 2.59. The van der Waals surface area contributed by atoms with Gasteiger partial charge in [0.15, 0.2) is 5.17 Å². The summed E-state index contributed by atoms with van der Waals surface area (Å²) in [4.78, 5) is 12.0. The molecular formula is C18H19N3OS. The smallest absolute Gasteiger partial charge is 0.160 e. The van der Waals surface area contributed by atoms with Crippen molar-refractivity contribution in [1.82, 2.24) is 9.88 Å². The van der Waals surface area contributed by atoms with Gasteiger partial charge in [-0.2, -0.15) is 0 Å². The molecule has 1 saturated heterocycles. The monoisotopic (exact) mass is 325 g/mol. The highest BCUT2D eigenvalue weighted by Crippen LogP contribution is 2.47. The van der Waals surface area contributed by atoms with Gasteiger partial charge < -0.3 is 9.64 Å². The number of aromatic nitrogens is 1. The molecule has 0 N–H and O–H groups in total. The van der Waals surface area contributed by atoms with Crippen molar-refractivity contribution >= 4 is 16.9 Å². The van der Waals surface area contributed by atoms with E-state index < -0.39 is 0 Å². The highest BCUT2D eigenvalue weighted by atomic mass is 32.2. The quantitative estimate of drug-likeness (QED) is 0.863. The average molecular weight is 325 g/mol. The largest absolute Gasteiger partial charge is 0.497 e. The van der Waals surface area contributed by atoms with Crippen molar-refractivity contribution in [3.05, 3.63) is 59.9 Å². The predicted molar refractivity (Wildman–Crippen MR) is 93.9 cm³/mol. The number of methoxy groups -OCH3 is 1. The van der Waals surface area contributed by atoms with E-state index in [4.69, 9.17) is 9.73 Å². The molecule has 1 aromatic carbocycles. The van der Waals surface area contributed by atoms with Crippen molar-refractivity contribution in [1.29, 1.82) is 0 Å². The first-order valence-corrected chi connectivity index (χ1v) is 8.70. The SMILES string of the molecule is COc1cccc([C@@H]2[C@@H](c3ccccn3)N=C3S[C@H](C)CN32)c1. The first-order chi connectivity index (χ1) is 11.3. The molecule has 3 atom stereocenters. The fourth-order valence-electron chi connectivity index (χ4n) is 3.30. The Morgan fingerprint density at radius 3 is 2.91 bits per heavy atom. The molecule has 1 fully saturated rings. The van der Waals surface area contributed by atoms with Crippen molar-refractivity contribution in [3.63, 3.8) is 0 Å². The lowest BCUT2D eigenvalue weighted by Crippen LogP contribution is -2.28. The summed E-state index contributed by atoms with van der Waals surface area (Å²) < 4.78 is 5.41. The highest BCUT2D eigenvalue weighted by molar-refractivity contribution is 8.14.